The summed E-state index contributed by atoms with van der Waals surface area (Å²) >= 11 is 0. The number of aromatic amines is 1. The van der Waals surface area contributed by atoms with Crippen LogP contribution in [0.4, 0.5) is 17.5 Å². The lowest BCUT2D eigenvalue weighted by atomic mass is 10.1. The van der Waals surface area contributed by atoms with Crippen molar-refractivity contribution in [3.63, 3.8) is 0 Å². The van der Waals surface area contributed by atoms with Crippen LogP contribution in [0.25, 0.3) is 33.5 Å². The molecule has 0 spiro atoms. The first kappa shape index (κ1) is 58.4. The minimum atomic E-state index is -5.69. The molecular formula is C39H48N17O24P3. The molecule has 19 atom stereocenters. The lowest BCUT2D eigenvalue weighted by Crippen LogP contribution is -2.39. The van der Waals surface area contributed by atoms with Gasteiger partial charge in [0.25, 0.3) is 5.56 Å². The number of anilines is 3. The maximum atomic E-state index is 14.0. The van der Waals surface area contributed by atoms with E-state index < -0.39 is 159 Å². The van der Waals surface area contributed by atoms with Crippen molar-refractivity contribution in [3.05, 3.63) is 71.1 Å². The molecule has 448 valence electrons. The van der Waals surface area contributed by atoms with Gasteiger partial charge in [-0.05, 0) is 6.07 Å². The number of phosphoric ester groups is 3. The highest BCUT2D eigenvalue weighted by atomic mass is 31.2. The number of hydrogen-bond acceptors (Lipinski definition) is 33. The second-order valence-electron chi connectivity index (χ2n) is 18.7. The van der Waals surface area contributed by atoms with Gasteiger partial charge in [0, 0.05) is 6.20 Å². The van der Waals surface area contributed by atoms with Crippen LogP contribution in [0.2, 0.25) is 0 Å². The van der Waals surface area contributed by atoms with Crippen molar-refractivity contribution in [2.24, 2.45) is 0 Å². The van der Waals surface area contributed by atoms with Gasteiger partial charge in [0.05, 0.1) is 51.7 Å². The third-order valence-corrected chi connectivity index (χ3v) is 16.5. The molecule has 0 radical (unpaired) electrons. The summed E-state index contributed by atoms with van der Waals surface area (Å²) in [6, 6.07) is 1.11. The normalized spacial score (nSPS) is 32.4. The average Bonchev–Trinajstić information content (AvgIpc) is 4.53. The number of nitrogen functional groups attached to an aromatic ring is 3. The van der Waals surface area contributed by atoms with E-state index in [1.807, 2.05) is 0 Å². The smallest absolute Gasteiger partial charge is 0.394 e. The molecule has 0 aromatic carbocycles. The van der Waals surface area contributed by atoms with E-state index in [1.54, 1.807) is 0 Å². The Morgan fingerprint density at radius 2 is 0.940 bits per heavy atom. The van der Waals surface area contributed by atoms with E-state index in [0.29, 0.717) is 4.57 Å². The Bertz CT molecular complexity index is 3820. The molecule has 0 bridgehead atoms. The van der Waals surface area contributed by atoms with Gasteiger partial charge in [0.15, 0.2) is 59.0 Å². The molecule has 7 aromatic rings. The van der Waals surface area contributed by atoms with Gasteiger partial charge < -0.3 is 86.5 Å². The highest BCUT2D eigenvalue weighted by Crippen LogP contribution is 2.54. The maximum absolute atomic E-state index is 14.0. The van der Waals surface area contributed by atoms with E-state index in [1.165, 1.54) is 10.9 Å². The number of nitrogens with one attached hydrogen (secondary N) is 1. The van der Waals surface area contributed by atoms with Gasteiger partial charge in [-0.15, -0.1) is 0 Å². The van der Waals surface area contributed by atoms with Crippen LogP contribution in [0.1, 0.15) is 24.9 Å². The molecule has 0 aliphatic carbocycles. The number of hydrogen-bond donors (Lipinski definition) is 13. The molecule has 0 saturated carbocycles. The third kappa shape index (κ3) is 11.3. The van der Waals surface area contributed by atoms with Crippen molar-refractivity contribution in [1.29, 1.82) is 0 Å². The van der Waals surface area contributed by atoms with E-state index >= 15 is 0 Å². The molecule has 4 aliphatic rings. The zero-order chi connectivity index (χ0) is 59.0. The number of aromatic nitrogens is 14. The Morgan fingerprint density at radius 1 is 0.530 bits per heavy atom. The van der Waals surface area contributed by atoms with Crippen LogP contribution < -0.4 is 28.5 Å². The number of H-pyrrole nitrogens is 1. The molecule has 3 unspecified atom stereocenters. The minimum absolute atomic E-state index is 0.00528. The fraction of sp³-hybridized carbons (Fsp3) is 0.513. The molecule has 4 aliphatic heterocycles. The molecule has 4 saturated heterocycles. The zero-order valence-corrected chi connectivity index (χ0v) is 44.4. The number of rotatable bonds is 20. The van der Waals surface area contributed by atoms with Crippen molar-refractivity contribution in [3.8, 4) is 0 Å². The van der Waals surface area contributed by atoms with E-state index in [4.69, 9.17) is 63.3 Å². The standard InChI is InChI=1S/C39H48N17O24P3/c40-17-1-2-53(39(64)52-17)36-24(61)27(15(76-36)5-72-82(67,68)78-26-13(3-57)74-37(23(26)60)56-12-51-20-33(56)47-9-48-34(20)63)79-83(69,70)73-6-16-28(25(62)38(77-16)55-11-50-19-30(42)44-8-46-32(19)55)80-81(65,66)71-4-14-21(58)22(59)35(75-14)54-10-49-18-29(41)43-7-45-31(18)54/h1-2,7-16,21-28,35-38,57-62H,3-6H2,(H,65,66)(H,67,68)(H,69,70)(H2,40,52,64)(H2,41,43,45)(H2,42,44,46)(H,47,48,63)/t13-,14-,15-,16-,21-,22-,23-,24-,25-,26-,27-,28-,35-,36-,37-,38-/m1/s1. The summed E-state index contributed by atoms with van der Waals surface area (Å²) in [6.45, 7) is -4.26. The highest BCUT2D eigenvalue weighted by molar-refractivity contribution is 7.48. The number of nitrogens with zero attached hydrogens (tertiary/aromatic N) is 13. The first-order valence-corrected chi connectivity index (χ1v) is 28.6. The van der Waals surface area contributed by atoms with Gasteiger partial charge in [-0.1, -0.05) is 0 Å². The van der Waals surface area contributed by atoms with Gasteiger partial charge in [-0.25, -0.2) is 58.4 Å². The zero-order valence-electron chi connectivity index (χ0n) is 41.7. The van der Waals surface area contributed by atoms with Crippen molar-refractivity contribution in [2.75, 3.05) is 43.6 Å². The second kappa shape index (κ2) is 22.6. The predicted molar refractivity (Wildman–Crippen MR) is 265 cm³/mol. The fourth-order valence-corrected chi connectivity index (χ4v) is 12.5. The van der Waals surface area contributed by atoms with E-state index in [-0.39, 0.29) is 50.9 Å². The fourth-order valence-electron chi connectivity index (χ4n) is 9.59. The number of aliphatic hydroxyl groups is 6. The Balaban J connectivity index is 0.799. The van der Waals surface area contributed by atoms with Crippen LogP contribution in [-0.2, 0) is 59.8 Å². The molecule has 83 heavy (non-hydrogen) atoms. The van der Waals surface area contributed by atoms with Crippen LogP contribution in [0.3, 0.4) is 0 Å². The Kier molecular flexibility index (Phi) is 15.9. The molecule has 11 rings (SSSR count). The topological polar surface area (TPSA) is 589 Å². The van der Waals surface area contributed by atoms with Crippen LogP contribution in [0, 0.1) is 0 Å². The number of imidazole rings is 3. The molecule has 4 fully saturated rings. The molecule has 16 N–H and O–H groups in total. The van der Waals surface area contributed by atoms with Crippen molar-refractivity contribution in [2.45, 2.75) is 98.2 Å². The molecule has 0 amide bonds. The van der Waals surface area contributed by atoms with Crippen molar-refractivity contribution in [1.82, 2.24) is 68.1 Å². The van der Waals surface area contributed by atoms with Crippen LogP contribution >= 0.6 is 23.5 Å². The van der Waals surface area contributed by atoms with Gasteiger partial charge >= 0.3 is 29.2 Å². The molecule has 7 aromatic heterocycles. The Labute approximate surface area is 459 Å². The maximum Gasteiger partial charge on any atom is 0.472 e. The number of phosphoric acid groups is 3. The lowest BCUT2D eigenvalue weighted by molar-refractivity contribution is -0.0642. The summed E-state index contributed by atoms with van der Waals surface area (Å²) in [5.41, 5.74) is 15.7. The summed E-state index contributed by atoms with van der Waals surface area (Å²) in [5, 5.41) is 66.6. The van der Waals surface area contributed by atoms with E-state index in [0.717, 1.165) is 53.0 Å². The monoisotopic (exact) mass is 1230 g/mol. The van der Waals surface area contributed by atoms with Crippen molar-refractivity contribution < 1.29 is 105 Å². The van der Waals surface area contributed by atoms with E-state index in [9.17, 15) is 68.6 Å². The first-order valence-electron chi connectivity index (χ1n) is 24.1. The van der Waals surface area contributed by atoms with Crippen LogP contribution in [0.5, 0.6) is 0 Å². The SMILES string of the molecule is Nc1ccn([C@@H]2O[C@H](COP(=O)(O)O[C@H]3[C@@H](O)[C@H](n4cnc5c(=O)[nH]cnc54)O[C@@H]3CO)[C@@H](OP(=O)(O)OC[C@H]3O[C@@H](n4cnc5c(N)ncnc54)[C@H](O)[C@@H]3OP(=O)(O)OC[C@H]3O[C@@H](n4cnc5c(N)ncnc54)[C@H](O)[C@@H]3O)[C@H]2O)c(=O)n1. The van der Waals surface area contributed by atoms with E-state index in [2.05, 4.69) is 49.8 Å². The summed E-state index contributed by atoms with van der Waals surface area (Å²) in [5.74, 6) is -0.382. The summed E-state index contributed by atoms with van der Waals surface area (Å²) in [4.78, 5) is 96.5. The first-order chi connectivity index (χ1) is 39.4. The largest absolute Gasteiger partial charge is 0.472 e. The predicted octanol–water partition coefficient (Wildman–Crippen LogP) is -5.30. The number of fused-ring (bicyclic) bond motifs is 3. The number of nitrogens with two attached hydrogens (primary N) is 3. The highest BCUT2D eigenvalue weighted by Gasteiger charge is 2.55. The quantitative estimate of drug-likeness (QED) is 0.0317. The summed E-state index contributed by atoms with van der Waals surface area (Å²) in [7, 11) is -16.7. The Morgan fingerprint density at radius 3 is 1.42 bits per heavy atom. The lowest BCUT2D eigenvalue weighted by Gasteiger charge is -2.26. The molecular weight excluding hydrogens is 1180 g/mol. The van der Waals surface area contributed by atoms with Crippen LogP contribution in [0.15, 0.2) is 59.8 Å². The molecule has 41 nitrogen and oxygen atoms in total. The van der Waals surface area contributed by atoms with Crippen LogP contribution in [-0.4, -0.2) is 213 Å². The molecule has 11 heterocycles. The van der Waals surface area contributed by atoms with Gasteiger partial charge in [-0.2, -0.15) is 4.98 Å². The summed E-state index contributed by atoms with van der Waals surface area (Å²) in [6.07, 6.45) is -21.4. The Hall–Kier alpha value is -6.34. The van der Waals surface area contributed by atoms with Crippen molar-refractivity contribution >= 4 is 74.4 Å². The minimum Gasteiger partial charge on any atom is -0.394 e. The number of ether oxygens (including phenoxy) is 4. The van der Waals surface area contributed by atoms with Gasteiger partial charge in [0.1, 0.15) is 103 Å². The average molecular weight is 1230 g/mol. The second-order valence-corrected chi connectivity index (χ2v) is 22.9. The third-order valence-electron chi connectivity index (χ3n) is 13.5. The van der Waals surface area contributed by atoms with Gasteiger partial charge in [-0.3, -0.25) is 50.2 Å². The van der Waals surface area contributed by atoms with Gasteiger partial charge in [0.2, 0.25) is 0 Å². The molecule has 44 heteroatoms. The summed E-state index contributed by atoms with van der Waals surface area (Å²) < 4.78 is 100. The number of aliphatic hydroxyl groups excluding tert-OH is 6.